The Balaban J connectivity index is 1.68. The molecule has 106 valence electrons. The monoisotopic (exact) mass is 291 g/mol. The molecule has 1 atom stereocenters. The van der Waals surface area contributed by atoms with Crippen molar-refractivity contribution in [1.29, 1.82) is 0 Å². The average molecular weight is 292 g/mol. The average Bonchev–Trinajstić information content (AvgIpc) is 2.70. The SMILES string of the molecule is NC1=NC(CCc2nc3ncc(Cl)cc3[nH]2)CCCC1. The summed E-state index contributed by atoms with van der Waals surface area (Å²) in [5.41, 5.74) is 7.48. The van der Waals surface area contributed by atoms with E-state index in [2.05, 4.69) is 19.9 Å². The molecule has 2 aromatic rings. The standard InChI is InChI=1S/C14H18ClN5/c15-9-7-11-14(17-8-9)20-13(19-11)6-5-10-3-1-2-4-12(16)18-10/h7-8,10H,1-6H2,(H2,16,18)(H,17,19,20). The van der Waals surface area contributed by atoms with Crippen molar-refractivity contribution in [1.82, 2.24) is 15.0 Å². The minimum Gasteiger partial charge on any atom is -0.387 e. The Kier molecular flexibility index (Phi) is 3.87. The van der Waals surface area contributed by atoms with Crippen LogP contribution in [0.3, 0.4) is 0 Å². The van der Waals surface area contributed by atoms with Crippen LogP contribution >= 0.6 is 11.6 Å². The summed E-state index contributed by atoms with van der Waals surface area (Å²) in [5.74, 6) is 1.73. The summed E-state index contributed by atoms with van der Waals surface area (Å²) in [6.07, 6.45) is 7.84. The van der Waals surface area contributed by atoms with E-state index in [1.165, 1.54) is 6.42 Å². The molecule has 3 heterocycles. The summed E-state index contributed by atoms with van der Waals surface area (Å²) < 4.78 is 0. The highest BCUT2D eigenvalue weighted by Gasteiger charge is 2.13. The highest BCUT2D eigenvalue weighted by Crippen LogP contribution is 2.18. The summed E-state index contributed by atoms with van der Waals surface area (Å²) in [5, 5.41) is 0.619. The Morgan fingerprint density at radius 3 is 3.20 bits per heavy atom. The second-order valence-electron chi connectivity index (χ2n) is 5.27. The van der Waals surface area contributed by atoms with E-state index in [0.717, 1.165) is 49.3 Å². The van der Waals surface area contributed by atoms with Crippen LogP contribution in [0.25, 0.3) is 11.2 Å². The van der Waals surface area contributed by atoms with Crippen molar-refractivity contribution in [3.05, 3.63) is 23.1 Å². The van der Waals surface area contributed by atoms with Gasteiger partial charge in [0.15, 0.2) is 5.65 Å². The molecule has 3 N–H and O–H groups in total. The fourth-order valence-electron chi connectivity index (χ4n) is 2.60. The van der Waals surface area contributed by atoms with Crippen molar-refractivity contribution in [2.45, 2.75) is 44.6 Å². The third kappa shape index (κ3) is 3.10. The first-order valence-electron chi connectivity index (χ1n) is 7.03. The Bertz CT molecular complexity index is 634. The van der Waals surface area contributed by atoms with Gasteiger partial charge >= 0.3 is 0 Å². The zero-order valence-corrected chi connectivity index (χ0v) is 12.0. The number of fused-ring (bicyclic) bond motifs is 1. The minimum absolute atomic E-state index is 0.322. The number of nitrogens with zero attached hydrogens (tertiary/aromatic N) is 3. The number of rotatable bonds is 3. The van der Waals surface area contributed by atoms with Crippen molar-refractivity contribution in [2.24, 2.45) is 10.7 Å². The number of pyridine rings is 1. The zero-order valence-electron chi connectivity index (χ0n) is 11.3. The Labute approximate surface area is 122 Å². The molecule has 1 aliphatic rings. The fraction of sp³-hybridized carbons (Fsp3) is 0.500. The van der Waals surface area contributed by atoms with Gasteiger partial charge in [-0.1, -0.05) is 18.0 Å². The lowest BCUT2D eigenvalue weighted by atomic mass is 10.1. The molecule has 6 heteroatoms. The predicted molar refractivity (Wildman–Crippen MR) is 81.1 cm³/mol. The number of amidine groups is 1. The van der Waals surface area contributed by atoms with Gasteiger partial charge in [-0.2, -0.15) is 0 Å². The van der Waals surface area contributed by atoms with Gasteiger partial charge in [-0.25, -0.2) is 9.97 Å². The number of hydrogen-bond acceptors (Lipinski definition) is 4. The molecular weight excluding hydrogens is 274 g/mol. The van der Waals surface area contributed by atoms with Crippen molar-refractivity contribution >= 4 is 28.6 Å². The van der Waals surface area contributed by atoms with Crippen molar-refractivity contribution < 1.29 is 0 Å². The molecule has 0 saturated carbocycles. The molecule has 0 fully saturated rings. The number of aromatic amines is 1. The maximum absolute atomic E-state index is 5.92. The second kappa shape index (κ2) is 5.79. The van der Waals surface area contributed by atoms with Gasteiger partial charge in [-0.15, -0.1) is 0 Å². The molecule has 0 aliphatic carbocycles. The Hall–Kier alpha value is -1.62. The highest BCUT2D eigenvalue weighted by atomic mass is 35.5. The molecule has 3 rings (SSSR count). The summed E-state index contributed by atoms with van der Waals surface area (Å²) in [6, 6.07) is 2.17. The number of aryl methyl sites for hydroxylation is 1. The quantitative estimate of drug-likeness (QED) is 0.912. The molecule has 20 heavy (non-hydrogen) atoms. The number of nitrogens with one attached hydrogen (secondary N) is 1. The third-order valence-corrected chi connectivity index (χ3v) is 3.84. The molecule has 1 unspecified atom stereocenters. The van der Waals surface area contributed by atoms with E-state index in [1.807, 2.05) is 6.07 Å². The van der Waals surface area contributed by atoms with E-state index in [1.54, 1.807) is 6.20 Å². The van der Waals surface area contributed by atoms with E-state index < -0.39 is 0 Å². The molecule has 0 saturated heterocycles. The molecule has 1 aliphatic heterocycles. The lowest BCUT2D eigenvalue weighted by molar-refractivity contribution is 0.548. The fourth-order valence-corrected chi connectivity index (χ4v) is 2.76. The first kappa shape index (κ1) is 13.4. The zero-order chi connectivity index (χ0) is 13.9. The van der Waals surface area contributed by atoms with E-state index in [9.17, 15) is 0 Å². The molecule has 2 aromatic heterocycles. The maximum atomic E-state index is 5.92. The number of aromatic nitrogens is 3. The van der Waals surface area contributed by atoms with Gasteiger partial charge in [0, 0.05) is 19.0 Å². The summed E-state index contributed by atoms with van der Waals surface area (Å²) in [7, 11) is 0. The van der Waals surface area contributed by atoms with Crippen LogP contribution in [-0.2, 0) is 6.42 Å². The van der Waals surface area contributed by atoms with Gasteiger partial charge in [0.2, 0.25) is 0 Å². The number of aliphatic imine (C=N–C) groups is 1. The number of nitrogens with two attached hydrogens (primary N) is 1. The maximum Gasteiger partial charge on any atom is 0.177 e. The Morgan fingerprint density at radius 2 is 2.30 bits per heavy atom. The summed E-state index contributed by atoms with van der Waals surface area (Å²) in [6.45, 7) is 0. The molecule has 0 amide bonds. The van der Waals surface area contributed by atoms with Crippen molar-refractivity contribution in [3.8, 4) is 0 Å². The molecule has 5 nitrogen and oxygen atoms in total. The minimum atomic E-state index is 0.322. The largest absolute Gasteiger partial charge is 0.387 e. The topological polar surface area (TPSA) is 79.9 Å². The van der Waals surface area contributed by atoms with Gasteiger partial charge < -0.3 is 10.7 Å². The van der Waals surface area contributed by atoms with Crippen LogP contribution in [0.4, 0.5) is 0 Å². The van der Waals surface area contributed by atoms with Gasteiger partial charge in [0.05, 0.1) is 22.4 Å². The van der Waals surface area contributed by atoms with Gasteiger partial charge in [0.1, 0.15) is 5.82 Å². The van der Waals surface area contributed by atoms with Crippen LogP contribution < -0.4 is 5.73 Å². The van der Waals surface area contributed by atoms with Crippen LogP contribution in [0.1, 0.15) is 37.9 Å². The van der Waals surface area contributed by atoms with E-state index in [0.29, 0.717) is 16.7 Å². The first-order chi connectivity index (χ1) is 9.70. The van der Waals surface area contributed by atoms with Gasteiger partial charge in [-0.05, 0) is 25.3 Å². The molecule has 0 spiro atoms. The summed E-state index contributed by atoms with van der Waals surface area (Å²) in [4.78, 5) is 16.5. The number of imidazole rings is 1. The first-order valence-corrected chi connectivity index (χ1v) is 7.41. The van der Waals surface area contributed by atoms with E-state index >= 15 is 0 Å². The number of H-pyrrole nitrogens is 1. The second-order valence-corrected chi connectivity index (χ2v) is 5.70. The third-order valence-electron chi connectivity index (χ3n) is 3.64. The van der Waals surface area contributed by atoms with Crippen molar-refractivity contribution in [3.63, 3.8) is 0 Å². The van der Waals surface area contributed by atoms with E-state index in [4.69, 9.17) is 17.3 Å². The smallest absolute Gasteiger partial charge is 0.177 e. The molecule has 0 aromatic carbocycles. The lowest BCUT2D eigenvalue weighted by Gasteiger charge is -2.09. The van der Waals surface area contributed by atoms with Crippen LogP contribution in [0.2, 0.25) is 5.02 Å². The normalized spacial score (nSPS) is 19.9. The number of hydrogen-bond donors (Lipinski definition) is 2. The lowest BCUT2D eigenvalue weighted by Crippen LogP contribution is -2.14. The van der Waals surface area contributed by atoms with Crippen molar-refractivity contribution in [2.75, 3.05) is 0 Å². The van der Waals surface area contributed by atoms with Gasteiger partial charge in [0.25, 0.3) is 0 Å². The molecular formula is C14H18ClN5. The summed E-state index contributed by atoms with van der Waals surface area (Å²) >= 11 is 5.92. The van der Waals surface area contributed by atoms with Gasteiger partial charge in [-0.3, -0.25) is 4.99 Å². The van der Waals surface area contributed by atoms with Crippen LogP contribution in [-0.4, -0.2) is 26.8 Å². The Morgan fingerprint density at radius 1 is 1.40 bits per heavy atom. The van der Waals surface area contributed by atoms with E-state index in [-0.39, 0.29) is 0 Å². The highest BCUT2D eigenvalue weighted by molar-refractivity contribution is 6.31. The molecule has 0 bridgehead atoms. The molecule has 0 radical (unpaired) electrons. The van der Waals surface area contributed by atoms with Crippen LogP contribution in [0.5, 0.6) is 0 Å². The predicted octanol–water partition coefficient (Wildman–Crippen LogP) is 2.84. The number of halogens is 1. The van der Waals surface area contributed by atoms with Crippen LogP contribution in [0.15, 0.2) is 17.3 Å². The van der Waals surface area contributed by atoms with Crippen LogP contribution in [0, 0.1) is 0 Å².